The second kappa shape index (κ2) is 6.52. The lowest BCUT2D eigenvalue weighted by Gasteiger charge is -2.17. The Kier molecular flexibility index (Phi) is 4.73. The molecule has 0 saturated heterocycles. The summed E-state index contributed by atoms with van der Waals surface area (Å²) in [6.07, 6.45) is 1.83. The lowest BCUT2D eigenvalue weighted by atomic mass is 10.2. The van der Waals surface area contributed by atoms with Gasteiger partial charge in [-0.15, -0.1) is 11.3 Å². The average molecular weight is 261 g/mol. The molecule has 2 heterocycles. The van der Waals surface area contributed by atoms with E-state index in [1.54, 1.807) is 11.3 Å². The Labute approximate surface area is 112 Å². The van der Waals surface area contributed by atoms with E-state index in [2.05, 4.69) is 52.8 Å². The highest BCUT2D eigenvalue weighted by atomic mass is 32.1. The van der Waals surface area contributed by atoms with Gasteiger partial charge in [0.15, 0.2) is 0 Å². The molecular formula is C14H19N3S. The highest BCUT2D eigenvalue weighted by Gasteiger charge is 2.06. The quantitative estimate of drug-likeness (QED) is 0.865. The smallest absolute Gasteiger partial charge is 0.130 e. The van der Waals surface area contributed by atoms with Crippen LogP contribution in [0.2, 0.25) is 0 Å². The molecule has 2 aromatic rings. The van der Waals surface area contributed by atoms with Gasteiger partial charge in [-0.25, -0.2) is 4.98 Å². The van der Waals surface area contributed by atoms with Gasteiger partial charge in [0, 0.05) is 36.3 Å². The van der Waals surface area contributed by atoms with Crippen molar-refractivity contribution in [3.8, 4) is 0 Å². The van der Waals surface area contributed by atoms with Crippen LogP contribution in [-0.2, 0) is 13.1 Å². The summed E-state index contributed by atoms with van der Waals surface area (Å²) >= 11 is 1.80. The van der Waals surface area contributed by atoms with Crippen molar-refractivity contribution in [1.82, 2.24) is 9.88 Å². The normalized spacial score (nSPS) is 10.8. The van der Waals surface area contributed by atoms with Gasteiger partial charge in [0.05, 0.1) is 0 Å². The van der Waals surface area contributed by atoms with Crippen molar-refractivity contribution >= 4 is 17.2 Å². The summed E-state index contributed by atoms with van der Waals surface area (Å²) < 4.78 is 0. The fourth-order valence-corrected chi connectivity index (χ4v) is 2.69. The van der Waals surface area contributed by atoms with Crippen molar-refractivity contribution in [3.05, 3.63) is 46.3 Å². The maximum Gasteiger partial charge on any atom is 0.130 e. The zero-order valence-electron chi connectivity index (χ0n) is 10.9. The van der Waals surface area contributed by atoms with E-state index in [0.717, 1.165) is 25.5 Å². The minimum atomic E-state index is 0.901. The van der Waals surface area contributed by atoms with Gasteiger partial charge in [-0.3, -0.25) is 4.90 Å². The Bertz CT molecular complexity index is 468. The van der Waals surface area contributed by atoms with Crippen LogP contribution in [0.3, 0.4) is 0 Å². The molecule has 2 aromatic heterocycles. The van der Waals surface area contributed by atoms with E-state index >= 15 is 0 Å². The van der Waals surface area contributed by atoms with E-state index in [0.29, 0.717) is 0 Å². The SMILES string of the molecule is CCNc1ncccc1CN(C)Cc1cccs1. The number of thiophene rings is 1. The first-order valence-electron chi connectivity index (χ1n) is 6.18. The van der Waals surface area contributed by atoms with Crippen LogP contribution in [0.5, 0.6) is 0 Å². The maximum atomic E-state index is 4.38. The summed E-state index contributed by atoms with van der Waals surface area (Å²) in [6.45, 7) is 4.89. The van der Waals surface area contributed by atoms with Gasteiger partial charge in [0.2, 0.25) is 0 Å². The molecule has 96 valence electrons. The minimum Gasteiger partial charge on any atom is -0.370 e. The van der Waals surface area contributed by atoms with E-state index in [-0.39, 0.29) is 0 Å². The van der Waals surface area contributed by atoms with Crippen molar-refractivity contribution in [2.75, 3.05) is 18.9 Å². The van der Waals surface area contributed by atoms with Crippen LogP contribution in [-0.4, -0.2) is 23.5 Å². The van der Waals surface area contributed by atoms with Crippen LogP contribution in [0.25, 0.3) is 0 Å². The van der Waals surface area contributed by atoms with Crippen LogP contribution in [0.1, 0.15) is 17.4 Å². The van der Waals surface area contributed by atoms with E-state index in [1.165, 1.54) is 10.4 Å². The van der Waals surface area contributed by atoms with E-state index < -0.39 is 0 Å². The molecule has 0 spiro atoms. The molecule has 0 bridgehead atoms. The Morgan fingerprint density at radius 1 is 1.28 bits per heavy atom. The van der Waals surface area contributed by atoms with Crippen molar-refractivity contribution in [3.63, 3.8) is 0 Å². The molecule has 0 amide bonds. The second-order valence-corrected chi connectivity index (χ2v) is 5.33. The summed E-state index contributed by atoms with van der Waals surface area (Å²) in [5, 5.41) is 5.43. The summed E-state index contributed by atoms with van der Waals surface area (Å²) in [6, 6.07) is 8.41. The second-order valence-electron chi connectivity index (χ2n) is 4.29. The number of anilines is 1. The molecule has 0 aliphatic heterocycles. The van der Waals surface area contributed by atoms with Crippen LogP contribution >= 0.6 is 11.3 Å². The van der Waals surface area contributed by atoms with Crippen LogP contribution in [0, 0.1) is 0 Å². The van der Waals surface area contributed by atoms with Gasteiger partial charge < -0.3 is 5.32 Å². The van der Waals surface area contributed by atoms with Gasteiger partial charge in [-0.1, -0.05) is 12.1 Å². The van der Waals surface area contributed by atoms with Crippen LogP contribution < -0.4 is 5.32 Å². The largest absolute Gasteiger partial charge is 0.370 e. The maximum absolute atomic E-state index is 4.38. The highest BCUT2D eigenvalue weighted by Crippen LogP contribution is 2.16. The molecule has 2 rings (SSSR count). The predicted octanol–water partition coefficient (Wildman–Crippen LogP) is 3.21. The molecule has 0 aromatic carbocycles. The summed E-state index contributed by atoms with van der Waals surface area (Å²) in [5.74, 6) is 0.998. The van der Waals surface area contributed by atoms with Gasteiger partial charge >= 0.3 is 0 Å². The minimum absolute atomic E-state index is 0.901. The number of pyridine rings is 1. The fourth-order valence-electron chi connectivity index (χ4n) is 1.91. The number of hydrogen-bond acceptors (Lipinski definition) is 4. The third-order valence-corrected chi connectivity index (χ3v) is 3.54. The molecule has 0 unspecified atom stereocenters. The zero-order chi connectivity index (χ0) is 12.8. The van der Waals surface area contributed by atoms with Gasteiger partial charge in [0.1, 0.15) is 5.82 Å². The molecule has 0 saturated carbocycles. The molecule has 1 N–H and O–H groups in total. The lowest BCUT2D eigenvalue weighted by Crippen LogP contribution is -2.18. The molecule has 4 heteroatoms. The van der Waals surface area contributed by atoms with Crippen LogP contribution in [0.15, 0.2) is 35.8 Å². The third kappa shape index (κ3) is 3.55. The van der Waals surface area contributed by atoms with E-state index in [1.807, 2.05) is 12.3 Å². The van der Waals surface area contributed by atoms with Crippen molar-refractivity contribution < 1.29 is 0 Å². The fraction of sp³-hybridized carbons (Fsp3) is 0.357. The lowest BCUT2D eigenvalue weighted by molar-refractivity contribution is 0.322. The predicted molar refractivity (Wildman–Crippen MR) is 77.9 cm³/mol. The molecule has 0 atom stereocenters. The number of hydrogen-bond donors (Lipinski definition) is 1. The molecule has 3 nitrogen and oxygen atoms in total. The van der Waals surface area contributed by atoms with Gasteiger partial charge in [-0.2, -0.15) is 0 Å². The summed E-state index contributed by atoms with van der Waals surface area (Å²) in [4.78, 5) is 8.09. The number of nitrogens with zero attached hydrogens (tertiary/aromatic N) is 2. The van der Waals surface area contributed by atoms with Gasteiger partial charge in [-0.05, 0) is 31.5 Å². The van der Waals surface area contributed by atoms with E-state index in [9.17, 15) is 0 Å². The summed E-state index contributed by atoms with van der Waals surface area (Å²) in [5.41, 5.74) is 1.25. The Hall–Kier alpha value is -1.39. The standard InChI is InChI=1S/C14H19N3S/c1-3-15-14-12(6-4-8-16-14)10-17(2)11-13-7-5-9-18-13/h4-9H,3,10-11H2,1-2H3,(H,15,16). The molecule has 18 heavy (non-hydrogen) atoms. The van der Waals surface area contributed by atoms with Crippen molar-refractivity contribution in [1.29, 1.82) is 0 Å². The number of nitrogens with one attached hydrogen (secondary N) is 1. The molecule has 0 aliphatic rings. The molecule has 0 fully saturated rings. The summed E-state index contributed by atoms with van der Waals surface area (Å²) in [7, 11) is 2.14. The average Bonchev–Trinajstić information content (AvgIpc) is 2.84. The molecular weight excluding hydrogens is 242 g/mol. The van der Waals surface area contributed by atoms with Crippen LogP contribution in [0.4, 0.5) is 5.82 Å². The first-order valence-corrected chi connectivity index (χ1v) is 7.06. The molecule has 0 radical (unpaired) electrons. The highest BCUT2D eigenvalue weighted by molar-refractivity contribution is 7.09. The Morgan fingerprint density at radius 3 is 2.89 bits per heavy atom. The zero-order valence-corrected chi connectivity index (χ0v) is 11.7. The number of aromatic nitrogens is 1. The van der Waals surface area contributed by atoms with Gasteiger partial charge in [0.25, 0.3) is 0 Å². The molecule has 0 aliphatic carbocycles. The Morgan fingerprint density at radius 2 is 2.17 bits per heavy atom. The number of rotatable bonds is 6. The first-order chi connectivity index (χ1) is 8.79. The Balaban J connectivity index is 2.00. The van der Waals surface area contributed by atoms with E-state index in [4.69, 9.17) is 0 Å². The van der Waals surface area contributed by atoms with Crippen molar-refractivity contribution in [2.24, 2.45) is 0 Å². The topological polar surface area (TPSA) is 28.2 Å². The third-order valence-electron chi connectivity index (χ3n) is 2.68. The van der Waals surface area contributed by atoms with Crippen molar-refractivity contribution in [2.45, 2.75) is 20.0 Å². The monoisotopic (exact) mass is 261 g/mol. The first kappa shape index (κ1) is 13.1.